The lowest BCUT2D eigenvalue weighted by Crippen LogP contribution is -2.29. The van der Waals surface area contributed by atoms with Gasteiger partial charge < -0.3 is 5.11 Å². The van der Waals surface area contributed by atoms with Gasteiger partial charge in [-0.25, -0.2) is 8.42 Å². The van der Waals surface area contributed by atoms with Crippen molar-refractivity contribution in [3.63, 3.8) is 0 Å². The summed E-state index contributed by atoms with van der Waals surface area (Å²) in [6.07, 6.45) is 0.387. The maximum absolute atomic E-state index is 12.6. The van der Waals surface area contributed by atoms with Gasteiger partial charge in [0.1, 0.15) is 0 Å². The van der Waals surface area contributed by atoms with Crippen LogP contribution in [0.2, 0.25) is 0 Å². The molecule has 0 radical (unpaired) electrons. The van der Waals surface area contributed by atoms with Gasteiger partial charge in [0.05, 0.1) is 11.5 Å². The highest BCUT2D eigenvalue weighted by molar-refractivity contribution is 7.89. The van der Waals surface area contributed by atoms with Crippen molar-refractivity contribution >= 4 is 10.0 Å². The van der Waals surface area contributed by atoms with Crippen molar-refractivity contribution in [2.45, 2.75) is 25.2 Å². The number of benzene rings is 1. The normalized spacial score (nSPS) is 22.8. The predicted molar refractivity (Wildman–Crippen MR) is 82.1 cm³/mol. The zero-order valence-electron chi connectivity index (χ0n) is 12.4. The van der Waals surface area contributed by atoms with E-state index < -0.39 is 10.0 Å². The van der Waals surface area contributed by atoms with Crippen LogP contribution in [-0.4, -0.2) is 37.5 Å². The summed E-state index contributed by atoms with van der Waals surface area (Å²) in [6.45, 7) is 5.32. The minimum absolute atomic E-state index is 0.00848. The van der Waals surface area contributed by atoms with E-state index in [2.05, 4.69) is 25.7 Å². The molecule has 21 heavy (non-hydrogen) atoms. The van der Waals surface area contributed by atoms with Gasteiger partial charge in [0, 0.05) is 25.1 Å². The molecule has 2 rings (SSSR count). The number of nitrogens with zero attached hydrogens (tertiary/aromatic N) is 1. The second kappa shape index (κ2) is 6.61. The molecule has 114 valence electrons. The van der Waals surface area contributed by atoms with Gasteiger partial charge in [-0.05, 0) is 30.0 Å². The lowest BCUT2D eigenvalue weighted by molar-refractivity contribution is 0.305. The van der Waals surface area contributed by atoms with E-state index in [-0.39, 0.29) is 6.61 Å². The molecule has 2 unspecified atom stereocenters. The Bertz CT molecular complexity index is 648. The Kier molecular flexibility index (Phi) is 5.04. The van der Waals surface area contributed by atoms with Crippen molar-refractivity contribution in [3.05, 3.63) is 29.8 Å². The smallest absolute Gasteiger partial charge is 0.243 e. The van der Waals surface area contributed by atoms with Gasteiger partial charge in [-0.3, -0.25) is 0 Å². The zero-order valence-corrected chi connectivity index (χ0v) is 13.2. The first kappa shape index (κ1) is 16.0. The van der Waals surface area contributed by atoms with Gasteiger partial charge in [-0.2, -0.15) is 4.31 Å². The third-order valence-corrected chi connectivity index (χ3v) is 5.72. The summed E-state index contributed by atoms with van der Waals surface area (Å²) in [5, 5.41) is 8.72. The first-order valence-electron chi connectivity index (χ1n) is 7.15. The monoisotopic (exact) mass is 307 g/mol. The largest absolute Gasteiger partial charge is 0.395 e. The standard InChI is InChI=1S/C16H21NO3S/c1-13-11-17(12-14(13)2)21(19,20)16-8-5-7-15(10-16)6-3-4-9-18/h5,7-8,10,13-14,18H,4,9,11-12H2,1-2H3. The molecule has 1 aromatic carbocycles. The summed E-state index contributed by atoms with van der Waals surface area (Å²) in [6, 6.07) is 6.70. The molecule has 0 aliphatic carbocycles. The second-order valence-electron chi connectivity index (χ2n) is 5.58. The van der Waals surface area contributed by atoms with Gasteiger partial charge in [-0.1, -0.05) is 31.8 Å². The third-order valence-electron chi connectivity index (χ3n) is 3.90. The van der Waals surface area contributed by atoms with Crippen molar-refractivity contribution in [2.24, 2.45) is 11.8 Å². The molecule has 0 spiro atoms. The van der Waals surface area contributed by atoms with Crippen molar-refractivity contribution < 1.29 is 13.5 Å². The lowest BCUT2D eigenvalue weighted by Gasteiger charge is -2.16. The SMILES string of the molecule is CC1CN(S(=O)(=O)c2cccc(C#CCCO)c2)CC1C. The summed E-state index contributed by atoms with van der Waals surface area (Å²) in [5.74, 6) is 6.44. The van der Waals surface area contributed by atoms with Gasteiger partial charge in [0.15, 0.2) is 0 Å². The molecule has 2 atom stereocenters. The first-order valence-corrected chi connectivity index (χ1v) is 8.59. The highest BCUT2D eigenvalue weighted by Gasteiger charge is 2.34. The summed E-state index contributed by atoms with van der Waals surface area (Å²) in [5.41, 5.74) is 0.657. The highest BCUT2D eigenvalue weighted by Crippen LogP contribution is 2.28. The van der Waals surface area contributed by atoms with Gasteiger partial charge >= 0.3 is 0 Å². The van der Waals surface area contributed by atoms with Crippen LogP contribution in [0.25, 0.3) is 0 Å². The average molecular weight is 307 g/mol. The maximum atomic E-state index is 12.6. The number of aliphatic hydroxyl groups is 1. The van der Waals surface area contributed by atoms with Gasteiger partial charge in [-0.15, -0.1) is 0 Å². The average Bonchev–Trinajstić information content (AvgIpc) is 2.80. The van der Waals surface area contributed by atoms with Crippen molar-refractivity contribution in [1.82, 2.24) is 4.31 Å². The maximum Gasteiger partial charge on any atom is 0.243 e. The van der Waals surface area contributed by atoms with E-state index in [1.807, 2.05) is 0 Å². The van der Waals surface area contributed by atoms with E-state index in [4.69, 9.17) is 5.11 Å². The molecule has 0 aromatic heterocycles. The molecule has 1 saturated heterocycles. The molecule has 1 fully saturated rings. The molecule has 5 heteroatoms. The molecule has 1 N–H and O–H groups in total. The highest BCUT2D eigenvalue weighted by atomic mass is 32.2. The van der Waals surface area contributed by atoms with Crippen LogP contribution in [0.1, 0.15) is 25.8 Å². The zero-order chi connectivity index (χ0) is 15.5. The Labute approximate surface area is 126 Å². The first-order chi connectivity index (χ1) is 9.95. The summed E-state index contributed by atoms with van der Waals surface area (Å²) in [7, 11) is -3.44. The number of hydrogen-bond donors (Lipinski definition) is 1. The molecule has 4 nitrogen and oxygen atoms in total. The Morgan fingerprint density at radius 2 is 1.95 bits per heavy atom. The molecule has 1 aromatic rings. The van der Waals surface area contributed by atoms with Crippen LogP contribution in [0.15, 0.2) is 29.2 Å². The Hall–Kier alpha value is -1.35. The Morgan fingerprint density at radius 1 is 1.29 bits per heavy atom. The number of hydrogen-bond acceptors (Lipinski definition) is 3. The van der Waals surface area contributed by atoms with Crippen molar-refractivity contribution in [2.75, 3.05) is 19.7 Å². The van der Waals surface area contributed by atoms with Crippen LogP contribution in [0.4, 0.5) is 0 Å². The Morgan fingerprint density at radius 3 is 2.57 bits per heavy atom. The summed E-state index contributed by atoms with van der Waals surface area (Å²) >= 11 is 0. The van der Waals surface area contributed by atoms with Gasteiger partial charge in [0.2, 0.25) is 10.0 Å². The minimum Gasteiger partial charge on any atom is -0.395 e. The number of sulfonamides is 1. The van der Waals surface area contributed by atoms with Crippen molar-refractivity contribution in [3.8, 4) is 11.8 Å². The number of aliphatic hydroxyl groups excluding tert-OH is 1. The van der Waals surface area contributed by atoms with Crippen LogP contribution < -0.4 is 0 Å². The molecular formula is C16H21NO3S. The van der Waals surface area contributed by atoms with Crippen molar-refractivity contribution in [1.29, 1.82) is 0 Å². The molecular weight excluding hydrogens is 286 g/mol. The second-order valence-corrected chi connectivity index (χ2v) is 7.52. The third kappa shape index (κ3) is 3.65. The van der Waals surface area contributed by atoms with E-state index in [9.17, 15) is 8.42 Å². The van der Waals surface area contributed by atoms with Crippen LogP contribution in [0, 0.1) is 23.7 Å². The number of rotatable bonds is 3. The van der Waals surface area contributed by atoms with E-state index in [1.165, 1.54) is 0 Å². The molecule has 1 aliphatic rings. The Balaban J connectivity index is 2.25. The molecule has 0 bridgehead atoms. The van der Waals surface area contributed by atoms with E-state index in [0.29, 0.717) is 41.8 Å². The van der Waals surface area contributed by atoms with E-state index in [1.54, 1.807) is 28.6 Å². The quantitative estimate of drug-likeness (QED) is 0.865. The fourth-order valence-electron chi connectivity index (χ4n) is 2.38. The lowest BCUT2D eigenvalue weighted by atomic mass is 10.0. The fraction of sp³-hybridized carbons (Fsp3) is 0.500. The predicted octanol–water partition coefficient (Wildman–Crippen LogP) is 1.70. The minimum atomic E-state index is -3.44. The van der Waals surface area contributed by atoms with Crippen LogP contribution in [0.5, 0.6) is 0 Å². The topological polar surface area (TPSA) is 57.6 Å². The summed E-state index contributed by atoms with van der Waals surface area (Å²) < 4.78 is 26.8. The van der Waals surface area contributed by atoms with E-state index >= 15 is 0 Å². The van der Waals surface area contributed by atoms with E-state index in [0.717, 1.165) is 0 Å². The summed E-state index contributed by atoms with van der Waals surface area (Å²) in [4.78, 5) is 0.291. The van der Waals surface area contributed by atoms with Crippen LogP contribution >= 0.6 is 0 Å². The molecule has 1 heterocycles. The van der Waals surface area contributed by atoms with Crippen LogP contribution in [0.3, 0.4) is 0 Å². The van der Waals surface area contributed by atoms with Crippen LogP contribution in [-0.2, 0) is 10.0 Å². The van der Waals surface area contributed by atoms with Gasteiger partial charge in [0.25, 0.3) is 0 Å². The molecule has 0 amide bonds. The molecule has 1 aliphatic heterocycles. The fourth-order valence-corrected chi connectivity index (χ4v) is 4.06. The molecule has 0 saturated carbocycles.